The van der Waals surface area contributed by atoms with Crippen molar-refractivity contribution in [2.45, 2.75) is 12.6 Å². The van der Waals surface area contributed by atoms with Gasteiger partial charge in [-0.3, -0.25) is 9.00 Å². The molecule has 6 nitrogen and oxygen atoms in total. The number of aromatic amines is 1. The number of aromatic nitrogens is 1. The molecular formula is C20H16FN2O4S2-. The van der Waals surface area contributed by atoms with Gasteiger partial charge in [-0.2, -0.15) is 0 Å². The maximum absolute atomic E-state index is 13.9. The molecule has 29 heavy (non-hydrogen) atoms. The quantitative estimate of drug-likeness (QED) is 0.407. The highest BCUT2D eigenvalue weighted by molar-refractivity contribution is 7.77. The molecule has 150 valence electrons. The molecule has 0 spiro atoms. The van der Waals surface area contributed by atoms with Crippen molar-refractivity contribution in [1.82, 2.24) is 9.71 Å². The summed E-state index contributed by atoms with van der Waals surface area (Å²) in [5.74, 6) is 0.0790. The SMILES string of the molecule is O=c1[nH]c2ccc(O)c(-c3ccc(CC(F)CNS(=O)[O-])cc3)c2c2ccsc12. The van der Waals surface area contributed by atoms with E-state index < -0.39 is 17.4 Å². The van der Waals surface area contributed by atoms with Crippen LogP contribution in [-0.4, -0.2) is 31.6 Å². The Bertz CT molecular complexity index is 1270. The Morgan fingerprint density at radius 3 is 2.69 bits per heavy atom. The summed E-state index contributed by atoms with van der Waals surface area (Å²) in [5, 5.41) is 13.9. The van der Waals surface area contributed by atoms with Gasteiger partial charge in [-0.05, 0) is 34.7 Å². The molecule has 0 fully saturated rings. The van der Waals surface area contributed by atoms with E-state index in [1.165, 1.54) is 17.4 Å². The minimum atomic E-state index is -2.49. The number of H-pyrrole nitrogens is 1. The second kappa shape index (κ2) is 8.03. The number of phenols is 1. The van der Waals surface area contributed by atoms with Crippen LogP contribution in [0.4, 0.5) is 4.39 Å². The van der Waals surface area contributed by atoms with E-state index in [1.807, 2.05) is 16.2 Å². The van der Waals surface area contributed by atoms with Crippen LogP contribution in [0.5, 0.6) is 5.75 Å². The maximum atomic E-state index is 13.9. The molecule has 2 unspecified atom stereocenters. The number of thiophene rings is 1. The Morgan fingerprint density at radius 1 is 1.21 bits per heavy atom. The number of halogens is 1. The van der Waals surface area contributed by atoms with Crippen LogP contribution in [0.3, 0.4) is 0 Å². The van der Waals surface area contributed by atoms with Crippen molar-refractivity contribution >= 4 is 43.6 Å². The first-order valence-electron chi connectivity index (χ1n) is 8.75. The molecule has 4 aromatic rings. The van der Waals surface area contributed by atoms with Gasteiger partial charge in [0, 0.05) is 46.1 Å². The lowest BCUT2D eigenvalue weighted by Gasteiger charge is -2.13. The Morgan fingerprint density at radius 2 is 1.97 bits per heavy atom. The monoisotopic (exact) mass is 431 g/mol. The third-order valence-electron chi connectivity index (χ3n) is 4.69. The summed E-state index contributed by atoms with van der Waals surface area (Å²) >= 11 is -1.15. The van der Waals surface area contributed by atoms with Crippen molar-refractivity contribution in [1.29, 1.82) is 0 Å². The van der Waals surface area contributed by atoms with Gasteiger partial charge >= 0.3 is 0 Å². The maximum Gasteiger partial charge on any atom is 0.266 e. The Hall–Kier alpha value is -2.59. The molecule has 0 aliphatic heterocycles. The van der Waals surface area contributed by atoms with Crippen LogP contribution < -0.4 is 10.3 Å². The van der Waals surface area contributed by atoms with Crippen LogP contribution in [0.2, 0.25) is 0 Å². The fourth-order valence-corrected chi connectivity index (χ4v) is 4.54. The van der Waals surface area contributed by atoms with Crippen LogP contribution in [0, 0.1) is 0 Å². The van der Waals surface area contributed by atoms with E-state index in [4.69, 9.17) is 0 Å². The van der Waals surface area contributed by atoms with Gasteiger partial charge in [-0.1, -0.05) is 24.3 Å². The van der Waals surface area contributed by atoms with Crippen LogP contribution in [0.1, 0.15) is 5.56 Å². The first-order valence-corrected chi connectivity index (χ1v) is 10.7. The average Bonchev–Trinajstić information content (AvgIpc) is 3.18. The van der Waals surface area contributed by atoms with E-state index in [9.17, 15) is 23.1 Å². The lowest BCUT2D eigenvalue weighted by molar-refractivity contribution is 0.330. The molecule has 9 heteroatoms. The van der Waals surface area contributed by atoms with E-state index in [0.29, 0.717) is 21.3 Å². The fourth-order valence-electron chi connectivity index (χ4n) is 3.42. The fraction of sp³-hybridized carbons (Fsp3) is 0.150. The minimum Gasteiger partial charge on any atom is -0.760 e. The van der Waals surface area contributed by atoms with Gasteiger partial charge in [0.25, 0.3) is 5.56 Å². The summed E-state index contributed by atoms with van der Waals surface area (Å²) in [6.45, 7) is -0.286. The summed E-state index contributed by atoms with van der Waals surface area (Å²) in [4.78, 5) is 15.1. The molecule has 0 aliphatic rings. The zero-order chi connectivity index (χ0) is 20.5. The number of pyridine rings is 1. The average molecular weight is 431 g/mol. The lowest BCUT2D eigenvalue weighted by atomic mass is 9.96. The smallest absolute Gasteiger partial charge is 0.266 e. The Labute approximate surface area is 171 Å². The van der Waals surface area contributed by atoms with Crippen LogP contribution in [0.15, 0.2) is 52.6 Å². The summed E-state index contributed by atoms with van der Waals surface area (Å²) < 4.78 is 37.5. The molecular weight excluding hydrogens is 415 g/mol. The van der Waals surface area contributed by atoms with Gasteiger partial charge < -0.3 is 14.6 Å². The van der Waals surface area contributed by atoms with Crippen molar-refractivity contribution in [3.05, 3.63) is 63.8 Å². The number of alkyl halides is 1. The number of phenolic OH excluding ortho intramolecular Hbond substituents is 1. The molecule has 0 saturated heterocycles. The topological polar surface area (TPSA) is 105 Å². The number of fused-ring (bicyclic) bond motifs is 3. The normalized spacial score (nSPS) is 13.7. The molecule has 2 atom stereocenters. The molecule has 0 radical (unpaired) electrons. The molecule has 2 heterocycles. The predicted octanol–water partition coefficient (Wildman–Crippen LogP) is 3.38. The third-order valence-corrected chi connectivity index (χ3v) is 6.01. The molecule has 2 aromatic heterocycles. The number of hydrogen-bond acceptors (Lipinski definition) is 5. The van der Waals surface area contributed by atoms with Gasteiger partial charge in [0.15, 0.2) is 0 Å². The van der Waals surface area contributed by atoms with Crippen molar-refractivity contribution < 1.29 is 18.3 Å². The molecule has 3 N–H and O–H groups in total. The Kier molecular flexibility index (Phi) is 5.46. The van der Waals surface area contributed by atoms with E-state index >= 15 is 0 Å². The molecule has 0 saturated carbocycles. The largest absolute Gasteiger partial charge is 0.760 e. The van der Waals surface area contributed by atoms with Crippen molar-refractivity contribution in [2.75, 3.05) is 6.54 Å². The number of nitrogens with one attached hydrogen (secondary N) is 2. The molecule has 0 amide bonds. The minimum absolute atomic E-state index is 0.0636. The summed E-state index contributed by atoms with van der Waals surface area (Å²) in [5.41, 5.74) is 2.47. The van der Waals surface area contributed by atoms with Gasteiger partial charge in [-0.15, -0.1) is 11.3 Å². The van der Waals surface area contributed by atoms with Gasteiger partial charge in [0.2, 0.25) is 0 Å². The van der Waals surface area contributed by atoms with Crippen molar-refractivity contribution in [2.24, 2.45) is 0 Å². The lowest BCUT2D eigenvalue weighted by Crippen LogP contribution is -2.26. The first kappa shape index (κ1) is 19.7. The van der Waals surface area contributed by atoms with E-state index in [0.717, 1.165) is 16.3 Å². The van der Waals surface area contributed by atoms with Crippen molar-refractivity contribution in [3.8, 4) is 16.9 Å². The van der Waals surface area contributed by atoms with Crippen molar-refractivity contribution in [3.63, 3.8) is 0 Å². The summed E-state index contributed by atoms with van der Waals surface area (Å²) in [6, 6.07) is 12.1. The number of aromatic hydroxyl groups is 1. The summed E-state index contributed by atoms with van der Waals surface area (Å²) in [7, 11) is 0. The zero-order valence-electron chi connectivity index (χ0n) is 15.0. The van der Waals surface area contributed by atoms with Gasteiger partial charge in [0.1, 0.15) is 16.6 Å². The summed E-state index contributed by atoms with van der Waals surface area (Å²) in [6.07, 6.45) is -1.28. The molecule has 2 aromatic carbocycles. The highest BCUT2D eigenvalue weighted by Gasteiger charge is 2.16. The second-order valence-corrected chi connectivity index (χ2v) is 8.26. The second-order valence-electron chi connectivity index (χ2n) is 6.58. The highest BCUT2D eigenvalue weighted by atomic mass is 32.2. The van der Waals surface area contributed by atoms with Gasteiger partial charge in [-0.25, -0.2) is 9.11 Å². The van der Waals surface area contributed by atoms with E-state index in [2.05, 4.69) is 4.98 Å². The van der Waals surface area contributed by atoms with Crippen LogP contribution in [-0.2, 0) is 17.7 Å². The van der Waals surface area contributed by atoms with Gasteiger partial charge in [0.05, 0.1) is 0 Å². The number of rotatable bonds is 6. The zero-order valence-corrected chi connectivity index (χ0v) is 16.6. The Balaban J connectivity index is 1.73. The number of hydrogen-bond donors (Lipinski definition) is 3. The molecule has 0 bridgehead atoms. The highest BCUT2D eigenvalue weighted by Crippen LogP contribution is 2.39. The van der Waals surface area contributed by atoms with Crippen LogP contribution in [0.25, 0.3) is 32.1 Å². The first-order chi connectivity index (χ1) is 13.9. The van der Waals surface area contributed by atoms with E-state index in [1.54, 1.807) is 30.3 Å². The van der Waals surface area contributed by atoms with E-state index in [-0.39, 0.29) is 24.3 Å². The van der Waals surface area contributed by atoms with Crippen LogP contribution >= 0.6 is 11.3 Å². The number of benzene rings is 2. The predicted molar refractivity (Wildman–Crippen MR) is 113 cm³/mol. The third kappa shape index (κ3) is 3.95. The molecule has 0 aliphatic carbocycles. The standard InChI is InChI=1S/C20H17FN2O4S2/c21-13(10-22-29(26)27)9-11-1-3-12(4-2-11)17-16(24)6-5-15-18(17)14-7-8-28-19(14)20(25)23-15/h1-8,13,22,24H,9-10H2,(H,23,25)(H,26,27)/p-1. The molecule has 4 rings (SSSR count).